The van der Waals surface area contributed by atoms with Crippen LogP contribution in [0.2, 0.25) is 0 Å². The molecular weight excluding hydrogens is 163 g/mol. The Hall–Kier alpha value is -1.34. The molecule has 12 heavy (non-hydrogen) atoms. The number of aromatic nitrogens is 2. The molecule has 0 aliphatic heterocycles. The second-order valence-electron chi connectivity index (χ2n) is 2.29. The third-order valence-electron chi connectivity index (χ3n) is 1.49. The van der Waals surface area contributed by atoms with Crippen LogP contribution in [0.15, 0.2) is 15.8 Å². The first kappa shape index (κ1) is 8.76. The second kappa shape index (κ2) is 2.96. The average Bonchev–Trinajstić information content (AvgIpc) is 2.00. The van der Waals surface area contributed by atoms with E-state index in [9.17, 15) is 9.59 Å². The minimum absolute atomic E-state index is 0.253. The van der Waals surface area contributed by atoms with Crippen LogP contribution in [0.25, 0.3) is 0 Å². The largest absolute Gasteiger partial charge is 0.495 e. The average molecular weight is 170 g/mol. The molecule has 3 N–H and O–H groups in total. The molecule has 0 amide bonds. The van der Waals surface area contributed by atoms with E-state index in [4.69, 9.17) is 10.0 Å². The van der Waals surface area contributed by atoms with Crippen LogP contribution in [0, 0.1) is 0 Å². The van der Waals surface area contributed by atoms with Crippen LogP contribution in [-0.2, 0) is 7.05 Å². The van der Waals surface area contributed by atoms with Crippen LogP contribution in [-0.4, -0.2) is 26.7 Å². The lowest BCUT2D eigenvalue weighted by atomic mass is 9.82. The Morgan fingerprint density at radius 3 is 2.58 bits per heavy atom. The summed E-state index contributed by atoms with van der Waals surface area (Å²) in [6.07, 6.45) is 0.981. The van der Waals surface area contributed by atoms with Crippen molar-refractivity contribution in [2.75, 3.05) is 0 Å². The molecule has 0 spiro atoms. The monoisotopic (exact) mass is 170 g/mol. The Balaban J connectivity index is 3.48. The van der Waals surface area contributed by atoms with E-state index in [0.29, 0.717) is 0 Å². The summed E-state index contributed by atoms with van der Waals surface area (Å²) in [5.74, 6) is 0. The molecule has 0 aliphatic carbocycles. The van der Waals surface area contributed by atoms with Gasteiger partial charge in [0.2, 0.25) is 0 Å². The first-order valence-corrected chi connectivity index (χ1v) is 3.19. The molecule has 1 aromatic heterocycles. The van der Waals surface area contributed by atoms with Crippen molar-refractivity contribution in [3.05, 3.63) is 27.0 Å². The van der Waals surface area contributed by atoms with E-state index in [2.05, 4.69) is 4.98 Å². The van der Waals surface area contributed by atoms with Crippen molar-refractivity contribution < 1.29 is 10.0 Å². The molecular formula is C5H7BN2O4. The van der Waals surface area contributed by atoms with Gasteiger partial charge in [0, 0.05) is 13.2 Å². The fourth-order valence-electron chi connectivity index (χ4n) is 0.769. The summed E-state index contributed by atoms with van der Waals surface area (Å²) in [5, 5.41) is 17.3. The molecule has 0 saturated carbocycles. The Labute approximate surface area is 67.2 Å². The number of H-pyrrole nitrogens is 1. The maximum Gasteiger partial charge on any atom is 0.495 e. The summed E-state index contributed by atoms with van der Waals surface area (Å²) in [6.45, 7) is 0. The molecule has 0 saturated heterocycles. The van der Waals surface area contributed by atoms with Gasteiger partial charge in [-0.1, -0.05) is 0 Å². The standard InChI is InChI=1S/C5H7BN2O4/c1-8-4(9)3(6(11)12)2-7-5(8)10/h2,11-12H,1H3,(H,7,10). The van der Waals surface area contributed by atoms with Gasteiger partial charge in [0.15, 0.2) is 0 Å². The summed E-state index contributed by atoms with van der Waals surface area (Å²) in [6, 6.07) is 0. The van der Waals surface area contributed by atoms with Crippen LogP contribution in [0.5, 0.6) is 0 Å². The summed E-state index contributed by atoms with van der Waals surface area (Å²) >= 11 is 0. The van der Waals surface area contributed by atoms with Crippen molar-refractivity contribution in [1.29, 1.82) is 0 Å². The van der Waals surface area contributed by atoms with Gasteiger partial charge in [0.25, 0.3) is 5.56 Å². The zero-order chi connectivity index (χ0) is 9.30. The second-order valence-corrected chi connectivity index (χ2v) is 2.29. The summed E-state index contributed by atoms with van der Waals surface area (Å²) in [5.41, 5.74) is -1.56. The Kier molecular flexibility index (Phi) is 2.16. The number of nitrogens with one attached hydrogen (secondary N) is 1. The van der Waals surface area contributed by atoms with Crippen LogP contribution >= 0.6 is 0 Å². The zero-order valence-corrected chi connectivity index (χ0v) is 6.31. The van der Waals surface area contributed by atoms with Gasteiger partial charge in [-0.05, 0) is 0 Å². The predicted octanol–water partition coefficient (Wildman–Crippen LogP) is -3.25. The van der Waals surface area contributed by atoms with E-state index < -0.39 is 18.4 Å². The van der Waals surface area contributed by atoms with Gasteiger partial charge in [-0.15, -0.1) is 0 Å². The van der Waals surface area contributed by atoms with Gasteiger partial charge in [-0.3, -0.25) is 9.36 Å². The van der Waals surface area contributed by atoms with Crippen molar-refractivity contribution in [2.24, 2.45) is 7.05 Å². The fourth-order valence-corrected chi connectivity index (χ4v) is 0.769. The molecule has 1 heterocycles. The van der Waals surface area contributed by atoms with Crippen LogP contribution in [0.4, 0.5) is 0 Å². The normalized spacial score (nSPS) is 9.92. The van der Waals surface area contributed by atoms with Gasteiger partial charge in [0.1, 0.15) is 0 Å². The van der Waals surface area contributed by atoms with Crippen LogP contribution in [0.3, 0.4) is 0 Å². The van der Waals surface area contributed by atoms with Gasteiger partial charge < -0.3 is 15.0 Å². The first-order chi connectivity index (χ1) is 5.54. The molecule has 6 nitrogen and oxygen atoms in total. The fraction of sp³-hybridized carbons (Fsp3) is 0.200. The quantitative estimate of drug-likeness (QED) is 0.385. The molecule has 0 atom stereocenters. The van der Waals surface area contributed by atoms with Gasteiger partial charge >= 0.3 is 12.8 Å². The maximum atomic E-state index is 11.1. The third-order valence-corrected chi connectivity index (χ3v) is 1.49. The lowest BCUT2D eigenvalue weighted by molar-refractivity contribution is 0.424. The topological polar surface area (TPSA) is 95.3 Å². The molecule has 0 radical (unpaired) electrons. The highest BCUT2D eigenvalue weighted by atomic mass is 16.4. The Bertz CT molecular complexity index is 393. The van der Waals surface area contributed by atoms with Gasteiger partial charge in [-0.2, -0.15) is 0 Å². The van der Waals surface area contributed by atoms with E-state index in [1.54, 1.807) is 0 Å². The lowest BCUT2D eigenvalue weighted by Gasteiger charge is -1.99. The first-order valence-electron chi connectivity index (χ1n) is 3.19. The molecule has 7 heteroatoms. The SMILES string of the molecule is Cn1c(=O)[nH]cc(B(O)O)c1=O. The molecule has 0 aromatic carbocycles. The number of rotatable bonds is 1. The molecule has 0 unspecified atom stereocenters. The molecule has 0 bridgehead atoms. The van der Waals surface area contributed by atoms with E-state index >= 15 is 0 Å². The number of hydrogen-bond acceptors (Lipinski definition) is 4. The van der Waals surface area contributed by atoms with Gasteiger partial charge in [0.05, 0.1) is 5.46 Å². The highest BCUT2D eigenvalue weighted by Crippen LogP contribution is 1.65. The smallest absolute Gasteiger partial charge is 0.423 e. The highest BCUT2D eigenvalue weighted by molar-refractivity contribution is 6.58. The summed E-state index contributed by atoms with van der Waals surface area (Å²) < 4.78 is 0.759. The number of hydrogen-bond donors (Lipinski definition) is 3. The molecule has 0 fully saturated rings. The van der Waals surface area contributed by atoms with E-state index in [1.807, 2.05) is 0 Å². The maximum absolute atomic E-state index is 11.1. The minimum Gasteiger partial charge on any atom is -0.423 e. The molecule has 0 aliphatic rings. The summed E-state index contributed by atoms with van der Waals surface area (Å²) in [7, 11) is -0.618. The number of nitrogens with zero attached hydrogens (tertiary/aromatic N) is 1. The predicted molar refractivity (Wildman–Crippen MR) is 42.1 cm³/mol. The van der Waals surface area contributed by atoms with E-state index in [-0.39, 0.29) is 5.46 Å². The Morgan fingerprint density at radius 1 is 1.50 bits per heavy atom. The third kappa shape index (κ3) is 1.32. The highest BCUT2D eigenvalue weighted by Gasteiger charge is 2.16. The van der Waals surface area contributed by atoms with Crippen molar-refractivity contribution in [2.45, 2.75) is 0 Å². The minimum atomic E-state index is -1.86. The summed E-state index contributed by atoms with van der Waals surface area (Å²) in [4.78, 5) is 24.0. The van der Waals surface area contributed by atoms with Crippen LogP contribution < -0.4 is 16.7 Å². The number of aromatic amines is 1. The molecule has 1 aromatic rings. The lowest BCUT2D eigenvalue weighted by Crippen LogP contribution is -2.49. The zero-order valence-electron chi connectivity index (χ0n) is 6.31. The van der Waals surface area contributed by atoms with Crippen LogP contribution in [0.1, 0.15) is 0 Å². The van der Waals surface area contributed by atoms with Crippen molar-refractivity contribution >= 4 is 12.6 Å². The van der Waals surface area contributed by atoms with Crippen molar-refractivity contribution in [3.63, 3.8) is 0 Å². The van der Waals surface area contributed by atoms with Crippen molar-refractivity contribution in [1.82, 2.24) is 9.55 Å². The molecule has 64 valence electrons. The van der Waals surface area contributed by atoms with E-state index in [1.165, 1.54) is 7.05 Å². The van der Waals surface area contributed by atoms with E-state index in [0.717, 1.165) is 10.8 Å². The Morgan fingerprint density at radius 2 is 2.08 bits per heavy atom. The molecule has 1 rings (SSSR count). The van der Waals surface area contributed by atoms with Crippen molar-refractivity contribution in [3.8, 4) is 0 Å². The van der Waals surface area contributed by atoms with Gasteiger partial charge in [-0.25, -0.2) is 4.79 Å².